The van der Waals surface area contributed by atoms with Gasteiger partial charge in [-0.25, -0.2) is 4.79 Å². The predicted octanol–water partition coefficient (Wildman–Crippen LogP) is 1.55. The average molecular weight is 675 g/mol. The second kappa shape index (κ2) is 17.9. The quantitative estimate of drug-likeness (QED) is 0.135. The minimum absolute atomic E-state index is 0.198. The maximum absolute atomic E-state index is 13.5. The average Bonchev–Trinajstić information content (AvgIpc) is 2.96. The fourth-order valence-corrected chi connectivity index (χ4v) is 4.16. The van der Waals surface area contributed by atoms with E-state index in [1.54, 1.807) is 54.5 Å². The van der Waals surface area contributed by atoms with Gasteiger partial charge >= 0.3 is 6.09 Å². The molecule has 1 aromatic rings. The molecule has 0 saturated carbocycles. The van der Waals surface area contributed by atoms with Crippen LogP contribution >= 0.6 is 0 Å². The van der Waals surface area contributed by atoms with Crippen molar-refractivity contribution < 1.29 is 43.1 Å². The molecule has 266 valence electrons. The van der Waals surface area contributed by atoms with Crippen LogP contribution in [0.2, 0.25) is 0 Å². The van der Waals surface area contributed by atoms with Gasteiger partial charge in [-0.15, -0.1) is 0 Å². The first-order chi connectivity index (χ1) is 22.0. The molecule has 0 aliphatic heterocycles. The first kappa shape index (κ1) is 41.2. The van der Waals surface area contributed by atoms with Crippen molar-refractivity contribution in [1.29, 1.82) is 0 Å². The van der Waals surface area contributed by atoms with Crippen molar-refractivity contribution in [2.45, 2.75) is 98.5 Å². The summed E-state index contributed by atoms with van der Waals surface area (Å²) in [6, 6.07) is 0.850. The molecule has 6 amide bonds. The number of nitrogens with zero attached hydrogens (tertiary/aromatic N) is 1. The molecule has 15 heteroatoms. The molecule has 0 heterocycles. The molecular formula is C33H50N6O9. The lowest BCUT2D eigenvalue weighted by atomic mass is 9.99. The number of carbonyl (C=O) groups is 8. The molecule has 1 aromatic carbocycles. The zero-order valence-corrected chi connectivity index (χ0v) is 29.6. The van der Waals surface area contributed by atoms with Crippen molar-refractivity contribution in [3.8, 4) is 0 Å². The third-order valence-corrected chi connectivity index (χ3v) is 6.88. The number of Topliss-reactive ketones (excluding diaryl/α,β-unsaturated/α-hetero) is 2. The van der Waals surface area contributed by atoms with E-state index in [1.165, 1.54) is 51.0 Å². The van der Waals surface area contributed by atoms with Gasteiger partial charge < -0.3 is 36.2 Å². The minimum atomic E-state index is -1.49. The van der Waals surface area contributed by atoms with Gasteiger partial charge in [0.05, 0.1) is 12.5 Å². The SMILES string of the molecule is CC(=O)c1cccc(NC(=O)C(=O)C(C)NC(=O)[C@H](CC(=O)N(C)C)NC(=O)[C@@H](NC(=O)[C@@H](NC(=O)OC(C)(C)C)C(C)C)C(C)C)c1. The third kappa shape index (κ3) is 13.5. The van der Waals surface area contributed by atoms with E-state index in [0.29, 0.717) is 5.56 Å². The first-order valence-corrected chi connectivity index (χ1v) is 15.6. The number of rotatable bonds is 15. The summed E-state index contributed by atoms with van der Waals surface area (Å²) in [7, 11) is 2.91. The molecule has 0 fully saturated rings. The number of ketones is 2. The van der Waals surface area contributed by atoms with Gasteiger partial charge in [-0.3, -0.25) is 33.6 Å². The van der Waals surface area contributed by atoms with Crippen LogP contribution in [0.15, 0.2) is 24.3 Å². The second-order valence-electron chi connectivity index (χ2n) is 13.3. The number of nitrogens with one attached hydrogen (secondary N) is 5. The summed E-state index contributed by atoms with van der Waals surface area (Å²) >= 11 is 0. The summed E-state index contributed by atoms with van der Waals surface area (Å²) in [5.74, 6) is -6.13. The van der Waals surface area contributed by atoms with E-state index < -0.39 is 83.5 Å². The molecule has 0 aromatic heterocycles. The number of carbonyl (C=O) groups excluding carboxylic acids is 8. The highest BCUT2D eigenvalue weighted by molar-refractivity contribution is 6.42. The molecule has 0 spiro atoms. The van der Waals surface area contributed by atoms with Gasteiger partial charge in [0, 0.05) is 25.3 Å². The Morgan fingerprint density at radius 3 is 1.81 bits per heavy atom. The molecule has 0 aliphatic rings. The summed E-state index contributed by atoms with van der Waals surface area (Å²) in [4.78, 5) is 103. The van der Waals surface area contributed by atoms with E-state index in [-0.39, 0.29) is 17.4 Å². The Kier molecular flexibility index (Phi) is 15.4. The molecule has 0 radical (unpaired) electrons. The molecular weight excluding hydrogens is 624 g/mol. The smallest absolute Gasteiger partial charge is 0.408 e. The van der Waals surface area contributed by atoms with Crippen LogP contribution in [0.5, 0.6) is 0 Å². The van der Waals surface area contributed by atoms with E-state index in [9.17, 15) is 38.4 Å². The van der Waals surface area contributed by atoms with Gasteiger partial charge in [-0.2, -0.15) is 0 Å². The zero-order chi connectivity index (χ0) is 37.1. The van der Waals surface area contributed by atoms with Crippen LogP contribution in [0, 0.1) is 11.8 Å². The normalized spacial score (nSPS) is 13.7. The molecule has 15 nitrogen and oxygen atoms in total. The van der Waals surface area contributed by atoms with Crippen LogP contribution < -0.4 is 26.6 Å². The Morgan fingerprint density at radius 2 is 1.31 bits per heavy atom. The summed E-state index contributed by atoms with van der Waals surface area (Å²) in [6.45, 7) is 14.3. The molecule has 1 unspecified atom stereocenters. The number of hydrogen-bond donors (Lipinski definition) is 5. The van der Waals surface area contributed by atoms with Crippen molar-refractivity contribution in [2.24, 2.45) is 11.8 Å². The maximum Gasteiger partial charge on any atom is 0.408 e. The summed E-state index contributed by atoms with van der Waals surface area (Å²) in [6.07, 6.45) is -1.31. The number of anilines is 1. The number of ether oxygens (including phenoxy) is 1. The molecule has 0 aliphatic carbocycles. The monoisotopic (exact) mass is 674 g/mol. The number of benzene rings is 1. The van der Waals surface area contributed by atoms with Gasteiger partial charge in [-0.05, 0) is 58.6 Å². The largest absolute Gasteiger partial charge is 0.444 e. The number of hydrogen-bond acceptors (Lipinski definition) is 9. The van der Waals surface area contributed by atoms with Crippen molar-refractivity contribution in [1.82, 2.24) is 26.2 Å². The summed E-state index contributed by atoms with van der Waals surface area (Å²) in [5.41, 5.74) is -0.291. The summed E-state index contributed by atoms with van der Waals surface area (Å²) < 4.78 is 5.26. The Bertz CT molecular complexity index is 1380. The van der Waals surface area contributed by atoms with Crippen LogP contribution in [0.1, 0.15) is 79.1 Å². The van der Waals surface area contributed by atoms with Crippen LogP contribution in [-0.4, -0.2) is 96.0 Å². The van der Waals surface area contributed by atoms with Crippen molar-refractivity contribution in [3.63, 3.8) is 0 Å². The van der Waals surface area contributed by atoms with Gasteiger partial charge in [0.25, 0.3) is 5.91 Å². The molecule has 0 bridgehead atoms. The highest BCUT2D eigenvalue weighted by atomic mass is 16.6. The Morgan fingerprint density at radius 1 is 0.771 bits per heavy atom. The Balaban J connectivity index is 3.12. The lowest BCUT2D eigenvalue weighted by molar-refractivity contribution is -0.139. The Labute approximate surface area is 281 Å². The number of amides is 6. The minimum Gasteiger partial charge on any atom is -0.444 e. The van der Waals surface area contributed by atoms with Crippen molar-refractivity contribution >= 4 is 52.9 Å². The van der Waals surface area contributed by atoms with E-state index in [4.69, 9.17) is 4.74 Å². The van der Waals surface area contributed by atoms with Gasteiger partial charge in [0.1, 0.15) is 23.7 Å². The molecule has 48 heavy (non-hydrogen) atoms. The van der Waals surface area contributed by atoms with E-state index >= 15 is 0 Å². The van der Waals surface area contributed by atoms with E-state index in [0.717, 1.165) is 0 Å². The van der Waals surface area contributed by atoms with Crippen LogP contribution in [-0.2, 0) is 33.5 Å². The molecule has 1 rings (SSSR count). The van der Waals surface area contributed by atoms with Crippen molar-refractivity contribution in [3.05, 3.63) is 29.8 Å². The lowest BCUT2D eigenvalue weighted by Gasteiger charge is -2.29. The fourth-order valence-electron chi connectivity index (χ4n) is 4.16. The highest BCUT2D eigenvalue weighted by Crippen LogP contribution is 2.13. The molecule has 4 atom stereocenters. The molecule has 5 N–H and O–H groups in total. The van der Waals surface area contributed by atoms with Crippen LogP contribution in [0.4, 0.5) is 10.5 Å². The summed E-state index contributed by atoms with van der Waals surface area (Å²) in [5, 5.41) is 12.4. The zero-order valence-electron chi connectivity index (χ0n) is 29.6. The van der Waals surface area contributed by atoms with E-state index in [1.807, 2.05) is 0 Å². The number of alkyl carbamates (subject to hydrolysis) is 1. The second-order valence-corrected chi connectivity index (χ2v) is 13.3. The third-order valence-electron chi connectivity index (χ3n) is 6.88. The standard InChI is InChI=1S/C33H50N6O9/c1-17(2)25(37-30(45)26(18(3)4)38-32(47)48-33(7,8)9)29(44)36-23(16-24(41)39(10)11)28(43)34-19(5)27(42)31(46)35-22-14-12-13-21(15-22)20(6)40/h12-15,17-19,23,25-26H,16H2,1-11H3,(H,34,43)(H,35,46)(H,36,44)(H,37,45)(H,38,47)/t19?,23-,25-,26-/m0/s1. The van der Waals surface area contributed by atoms with Gasteiger partial charge in [0.15, 0.2) is 5.78 Å². The van der Waals surface area contributed by atoms with Crippen molar-refractivity contribution in [2.75, 3.05) is 19.4 Å². The topological polar surface area (TPSA) is 209 Å². The van der Waals surface area contributed by atoms with Gasteiger partial charge in [-0.1, -0.05) is 39.8 Å². The van der Waals surface area contributed by atoms with Gasteiger partial charge in [0.2, 0.25) is 29.4 Å². The first-order valence-electron chi connectivity index (χ1n) is 15.6. The van der Waals surface area contributed by atoms with Crippen LogP contribution in [0.25, 0.3) is 0 Å². The highest BCUT2D eigenvalue weighted by Gasteiger charge is 2.35. The fraction of sp³-hybridized carbons (Fsp3) is 0.576. The van der Waals surface area contributed by atoms with Crippen LogP contribution in [0.3, 0.4) is 0 Å². The Hall–Kier alpha value is -4.82. The van der Waals surface area contributed by atoms with E-state index in [2.05, 4.69) is 26.6 Å². The lowest BCUT2D eigenvalue weighted by Crippen LogP contribution is -2.60. The molecule has 0 saturated heterocycles. The predicted molar refractivity (Wildman–Crippen MR) is 178 cm³/mol. The maximum atomic E-state index is 13.5.